The minimum Gasteiger partial charge on any atom is -0.310 e. The smallest absolute Gasteiger partial charge is 0.235 e. The first-order valence-corrected chi connectivity index (χ1v) is 5.02. The lowest BCUT2D eigenvalue weighted by atomic mass is 10.1. The van der Waals surface area contributed by atoms with Crippen LogP contribution in [-0.2, 0) is 4.79 Å². The SMILES string of the molecule is C[C@@H](NCCC(=O)NN)c1ccccc1. The molecule has 0 aromatic heterocycles. The number of hydrogen-bond acceptors (Lipinski definition) is 3. The zero-order valence-corrected chi connectivity index (χ0v) is 8.86. The van der Waals surface area contributed by atoms with Gasteiger partial charge in [-0.25, -0.2) is 5.84 Å². The highest BCUT2D eigenvalue weighted by molar-refractivity contribution is 5.75. The third kappa shape index (κ3) is 4.10. The summed E-state index contributed by atoms with van der Waals surface area (Å²) in [7, 11) is 0. The molecule has 0 aliphatic carbocycles. The van der Waals surface area contributed by atoms with E-state index >= 15 is 0 Å². The summed E-state index contributed by atoms with van der Waals surface area (Å²) in [4.78, 5) is 10.9. The van der Waals surface area contributed by atoms with Crippen LogP contribution in [0.3, 0.4) is 0 Å². The minimum absolute atomic E-state index is 0.150. The predicted molar refractivity (Wildman–Crippen MR) is 59.8 cm³/mol. The van der Waals surface area contributed by atoms with Crippen LogP contribution in [-0.4, -0.2) is 12.5 Å². The number of benzene rings is 1. The molecular formula is C11H17N3O. The molecule has 0 radical (unpaired) electrons. The maximum atomic E-state index is 10.9. The van der Waals surface area contributed by atoms with Crippen LogP contribution in [0.1, 0.15) is 24.9 Å². The Kier molecular flexibility index (Phi) is 4.80. The van der Waals surface area contributed by atoms with Crippen molar-refractivity contribution in [3.8, 4) is 0 Å². The van der Waals surface area contributed by atoms with Crippen molar-refractivity contribution in [1.29, 1.82) is 0 Å². The van der Waals surface area contributed by atoms with Gasteiger partial charge in [-0.1, -0.05) is 30.3 Å². The van der Waals surface area contributed by atoms with Crippen molar-refractivity contribution in [2.45, 2.75) is 19.4 Å². The molecule has 0 spiro atoms. The number of hydrazine groups is 1. The highest BCUT2D eigenvalue weighted by Crippen LogP contribution is 2.10. The van der Waals surface area contributed by atoms with Crippen LogP contribution in [0.5, 0.6) is 0 Å². The Morgan fingerprint density at radius 3 is 2.67 bits per heavy atom. The van der Waals surface area contributed by atoms with Gasteiger partial charge in [0.15, 0.2) is 0 Å². The molecular weight excluding hydrogens is 190 g/mol. The van der Waals surface area contributed by atoms with Crippen molar-refractivity contribution >= 4 is 5.91 Å². The molecule has 0 aliphatic rings. The molecule has 4 heteroatoms. The fourth-order valence-corrected chi connectivity index (χ4v) is 1.33. The van der Waals surface area contributed by atoms with E-state index in [4.69, 9.17) is 5.84 Å². The van der Waals surface area contributed by atoms with Crippen molar-refractivity contribution in [3.05, 3.63) is 35.9 Å². The Bertz CT molecular complexity index is 300. The third-order valence-corrected chi connectivity index (χ3v) is 2.26. The van der Waals surface area contributed by atoms with E-state index < -0.39 is 0 Å². The van der Waals surface area contributed by atoms with E-state index in [-0.39, 0.29) is 11.9 Å². The lowest BCUT2D eigenvalue weighted by molar-refractivity contribution is -0.121. The van der Waals surface area contributed by atoms with Crippen molar-refractivity contribution in [3.63, 3.8) is 0 Å². The van der Waals surface area contributed by atoms with Gasteiger partial charge in [-0.15, -0.1) is 0 Å². The Morgan fingerprint density at radius 1 is 1.40 bits per heavy atom. The first kappa shape index (κ1) is 11.7. The summed E-state index contributed by atoms with van der Waals surface area (Å²) in [6, 6.07) is 10.3. The monoisotopic (exact) mass is 207 g/mol. The highest BCUT2D eigenvalue weighted by atomic mass is 16.2. The number of amides is 1. The van der Waals surface area contributed by atoms with Gasteiger partial charge in [0.2, 0.25) is 5.91 Å². The maximum absolute atomic E-state index is 10.9. The van der Waals surface area contributed by atoms with Crippen LogP contribution in [0.4, 0.5) is 0 Å². The third-order valence-electron chi connectivity index (χ3n) is 2.26. The molecule has 82 valence electrons. The van der Waals surface area contributed by atoms with Crippen LogP contribution in [0.15, 0.2) is 30.3 Å². The fraction of sp³-hybridized carbons (Fsp3) is 0.364. The van der Waals surface area contributed by atoms with Gasteiger partial charge in [-0.2, -0.15) is 0 Å². The number of hydrogen-bond donors (Lipinski definition) is 3. The van der Waals surface area contributed by atoms with E-state index in [9.17, 15) is 4.79 Å². The van der Waals surface area contributed by atoms with Crippen LogP contribution in [0, 0.1) is 0 Å². The molecule has 4 N–H and O–H groups in total. The number of carbonyl (C=O) groups is 1. The van der Waals surface area contributed by atoms with Gasteiger partial charge >= 0.3 is 0 Å². The largest absolute Gasteiger partial charge is 0.310 e. The van der Waals surface area contributed by atoms with Gasteiger partial charge in [0, 0.05) is 19.0 Å². The lowest BCUT2D eigenvalue weighted by Crippen LogP contribution is -2.33. The first-order chi connectivity index (χ1) is 7.24. The van der Waals surface area contributed by atoms with E-state index in [0.717, 1.165) is 0 Å². The molecule has 1 rings (SSSR count). The quantitative estimate of drug-likeness (QED) is 0.378. The molecule has 15 heavy (non-hydrogen) atoms. The van der Waals surface area contributed by atoms with Crippen LogP contribution in [0.2, 0.25) is 0 Å². The van der Waals surface area contributed by atoms with Crippen LogP contribution < -0.4 is 16.6 Å². The molecule has 0 saturated carbocycles. The molecule has 1 amide bonds. The summed E-state index contributed by atoms with van der Waals surface area (Å²) in [5.41, 5.74) is 3.31. The zero-order chi connectivity index (χ0) is 11.1. The Hall–Kier alpha value is -1.39. The Balaban J connectivity index is 2.31. The van der Waals surface area contributed by atoms with E-state index in [0.29, 0.717) is 13.0 Å². The Labute approximate surface area is 89.8 Å². The van der Waals surface area contributed by atoms with Gasteiger partial charge in [0.05, 0.1) is 0 Å². The maximum Gasteiger partial charge on any atom is 0.235 e. The molecule has 0 heterocycles. The van der Waals surface area contributed by atoms with Crippen molar-refractivity contribution in [2.24, 2.45) is 5.84 Å². The standard InChI is InChI=1S/C11H17N3O/c1-9(10-5-3-2-4-6-10)13-8-7-11(15)14-12/h2-6,9,13H,7-8,12H2,1H3,(H,14,15)/t9-/m1/s1. The molecule has 0 bridgehead atoms. The summed E-state index contributed by atoms with van der Waals surface area (Å²) in [6.07, 6.45) is 0.397. The molecule has 1 atom stereocenters. The second kappa shape index (κ2) is 6.16. The number of rotatable bonds is 5. The second-order valence-corrected chi connectivity index (χ2v) is 3.40. The van der Waals surface area contributed by atoms with E-state index in [1.165, 1.54) is 5.56 Å². The molecule has 0 saturated heterocycles. The van der Waals surface area contributed by atoms with Crippen LogP contribution >= 0.6 is 0 Å². The average Bonchev–Trinajstić information content (AvgIpc) is 2.29. The summed E-state index contributed by atoms with van der Waals surface area (Å²) >= 11 is 0. The summed E-state index contributed by atoms with van der Waals surface area (Å²) in [5, 5.41) is 3.25. The van der Waals surface area contributed by atoms with E-state index in [1.54, 1.807) is 0 Å². The van der Waals surface area contributed by atoms with Gasteiger partial charge in [0.1, 0.15) is 0 Å². The van der Waals surface area contributed by atoms with Crippen molar-refractivity contribution < 1.29 is 4.79 Å². The van der Waals surface area contributed by atoms with Gasteiger partial charge < -0.3 is 5.32 Å². The summed E-state index contributed by atoms with van der Waals surface area (Å²) in [6.45, 7) is 2.69. The minimum atomic E-state index is -0.150. The molecule has 4 nitrogen and oxygen atoms in total. The molecule has 0 fully saturated rings. The van der Waals surface area contributed by atoms with Gasteiger partial charge in [0.25, 0.3) is 0 Å². The zero-order valence-electron chi connectivity index (χ0n) is 8.86. The Morgan fingerprint density at radius 2 is 2.07 bits per heavy atom. The number of carbonyl (C=O) groups excluding carboxylic acids is 1. The fourth-order valence-electron chi connectivity index (χ4n) is 1.33. The molecule has 0 unspecified atom stereocenters. The van der Waals surface area contributed by atoms with E-state index in [1.807, 2.05) is 18.2 Å². The molecule has 1 aromatic rings. The predicted octanol–water partition coefficient (Wildman–Crippen LogP) is 0.717. The lowest BCUT2D eigenvalue weighted by Gasteiger charge is -2.13. The van der Waals surface area contributed by atoms with Crippen molar-refractivity contribution in [2.75, 3.05) is 6.54 Å². The number of nitrogens with two attached hydrogens (primary N) is 1. The summed E-state index contributed by atoms with van der Waals surface area (Å²) in [5.74, 6) is 4.82. The van der Waals surface area contributed by atoms with Crippen LogP contribution in [0.25, 0.3) is 0 Å². The topological polar surface area (TPSA) is 67.2 Å². The molecule has 0 aliphatic heterocycles. The number of nitrogens with one attached hydrogen (secondary N) is 2. The van der Waals surface area contributed by atoms with Crippen molar-refractivity contribution in [1.82, 2.24) is 10.7 Å². The van der Waals surface area contributed by atoms with E-state index in [2.05, 4.69) is 29.8 Å². The van der Waals surface area contributed by atoms with Gasteiger partial charge in [-0.05, 0) is 12.5 Å². The molecule has 1 aromatic carbocycles. The normalized spacial score (nSPS) is 12.1. The second-order valence-electron chi connectivity index (χ2n) is 3.40. The first-order valence-electron chi connectivity index (χ1n) is 5.02. The van der Waals surface area contributed by atoms with Gasteiger partial charge in [-0.3, -0.25) is 10.2 Å². The summed E-state index contributed by atoms with van der Waals surface area (Å²) < 4.78 is 0. The average molecular weight is 207 g/mol. The highest BCUT2D eigenvalue weighted by Gasteiger charge is 2.04.